The molecular formula is C25H27ClF3N3O5S2. The maximum absolute atomic E-state index is 12.6. The zero-order chi connectivity index (χ0) is 28.8. The number of sulfonamides is 1. The number of anilines is 1. The molecule has 0 unspecified atom stereocenters. The van der Waals surface area contributed by atoms with Crippen molar-refractivity contribution in [2.24, 2.45) is 0 Å². The van der Waals surface area contributed by atoms with E-state index in [1.807, 2.05) is 6.07 Å². The first kappa shape index (κ1) is 30.7. The highest BCUT2D eigenvalue weighted by atomic mass is 35.5. The molecule has 2 heterocycles. The van der Waals surface area contributed by atoms with Gasteiger partial charge in [0.05, 0.1) is 9.92 Å². The van der Waals surface area contributed by atoms with Crippen LogP contribution in [-0.2, 0) is 20.4 Å². The molecule has 0 radical (unpaired) electrons. The minimum atomic E-state index is -5.08. The number of rotatable bonds is 7. The molecule has 1 fully saturated rings. The van der Waals surface area contributed by atoms with Crippen LogP contribution in [0.3, 0.4) is 0 Å². The van der Waals surface area contributed by atoms with E-state index in [9.17, 15) is 21.6 Å². The Morgan fingerprint density at radius 2 is 1.77 bits per heavy atom. The van der Waals surface area contributed by atoms with Crippen molar-refractivity contribution in [1.29, 1.82) is 0 Å². The highest BCUT2D eigenvalue weighted by Crippen LogP contribution is 2.34. The summed E-state index contributed by atoms with van der Waals surface area (Å²) in [5, 5.41) is 9.42. The van der Waals surface area contributed by atoms with E-state index >= 15 is 0 Å². The predicted molar refractivity (Wildman–Crippen MR) is 143 cm³/mol. The van der Waals surface area contributed by atoms with Gasteiger partial charge in [-0.1, -0.05) is 41.9 Å². The van der Waals surface area contributed by atoms with Gasteiger partial charge in [-0.25, -0.2) is 18.2 Å². The molecule has 0 saturated carbocycles. The van der Waals surface area contributed by atoms with Gasteiger partial charge in [-0.3, -0.25) is 9.62 Å². The normalized spacial score (nSPS) is 15.2. The lowest BCUT2D eigenvalue weighted by molar-refractivity contribution is -0.192. The number of piperidine rings is 1. The number of hydrogen-bond donors (Lipinski definition) is 2. The number of benzene rings is 2. The number of alkyl halides is 3. The maximum atomic E-state index is 12.6. The molecule has 39 heavy (non-hydrogen) atoms. The molecule has 14 heteroatoms. The lowest BCUT2D eigenvalue weighted by atomic mass is 9.90. The summed E-state index contributed by atoms with van der Waals surface area (Å²) >= 11 is 7.59. The van der Waals surface area contributed by atoms with Gasteiger partial charge in [-0.15, -0.1) is 11.3 Å². The third-order valence-corrected chi connectivity index (χ3v) is 8.57. The molecule has 1 saturated heterocycles. The van der Waals surface area contributed by atoms with Crippen molar-refractivity contribution in [2.75, 3.05) is 17.8 Å². The van der Waals surface area contributed by atoms with Gasteiger partial charge in [0.15, 0.2) is 5.13 Å². The number of halogens is 4. The van der Waals surface area contributed by atoms with Crippen LogP contribution in [0.4, 0.5) is 18.3 Å². The average Bonchev–Trinajstić information content (AvgIpc) is 3.38. The summed E-state index contributed by atoms with van der Waals surface area (Å²) in [7, 11) is -3.75. The number of thiazole rings is 1. The zero-order valence-electron chi connectivity index (χ0n) is 21.0. The minimum Gasteiger partial charge on any atom is -0.489 e. The quantitative estimate of drug-likeness (QED) is 0.339. The lowest BCUT2D eigenvalue weighted by Gasteiger charge is -2.43. The molecule has 3 aromatic rings. The lowest BCUT2D eigenvalue weighted by Crippen LogP contribution is -2.48. The zero-order valence-corrected chi connectivity index (χ0v) is 23.4. The van der Waals surface area contributed by atoms with E-state index in [0.717, 1.165) is 25.9 Å². The third kappa shape index (κ3) is 8.31. The SMILES string of the molecule is CC(C)(c1ccccc1)N1CCC(Oc2ccc(S(=O)(=O)Nc3nccs3)cc2Cl)CC1.O=C(O)C(F)(F)F. The van der Waals surface area contributed by atoms with Crippen LogP contribution in [0.1, 0.15) is 32.3 Å². The molecule has 4 rings (SSSR count). The minimum absolute atomic E-state index is 0.0335. The van der Waals surface area contributed by atoms with Crippen LogP contribution in [0, 0.1) is 0 Å². The van der Waals surface area contributed by atoms with Gasteiger partial charge in [-0.05, 0) is 50.5 Å². The molecule has 8 nitrogen and oxygen atoms in total. The fourth-order valence-corrected chi connectivity index (χ4v) is 6.04. The Morgan fingerprint density at radius 1 is 1.15 bits per heavy atom. The number of ether oxygens (including phenoxy) is 1. The summed E-state index contributed by atoms with van der Waals surface area (Å²) in [6.07, 6.45) is -1.76. The van der Waals surface area contributed by atoms with Crippen molar-refractivity contribution < 1.29 is 36.2 Å². The van der Waals surface area contributed by atoms with Crippen LogP contribution in [0.2, 0.25) is 5.02 Å². The second-order valence-corrected chi connectivity index (χ2v) is 12.1. The van der Waals surface area contributed by atoms with Gasteiger partial charge >= 0.3 is 12.1 Å². The second kappa shape index (κ2) is 12.5. The van der Waals surface area contributed by atoms with Crippen molar-refractivity contribution in [1.82, 2.24) is 9.88 Å². The molecule has 0 spiro atoms. The Labute approximate surface area is 233 Å². The topological polar surface area (TPSA) is 109 Å². The molecule has 2 N–H and O–H groups in total. The molecule has 2 aromatic carbocycles. The summed E-state index contributed by atoms with van der Waals surface area (Å²) in [4.78, 5) is 15.4. The first-order chi connectivity index (χ1) is 18.2. The summed E-state index contributed by atoms with van der Waals surface area (Å²) in [6.45, 7) is 6.32. The van der Waals surface area contributed by atoms with Crippen molar-refractivity contribution in [3.63, 3.8) is 0 Å². The number of aliphatic carboxylic acids is 1. The second-order valence-electron chi connectivity index (χ2n) is 9.07. The first-order valence-corrected chi connectivity index (χ1v) is 14.4. The Balaban J connectivity index is 0.000000532. The molecule has 0 bridgehead atoms. The number of nitrogens with zero attached hydrogens (tertiary/aromatic N) is 2. The molecule has 0 aliphatic carbocycles. The molecule has 1 aromatic heterocycles. The average molecular weight is 606 g/mol. The fourth-order valence-electron chi connectivity index (χ4n) is 3.93. The molecule has 1 aliphatic rings. The van der Waals surface area contributed by atoms with E-state index in [1.54, 1.807) is 17.6 Å². The Morgan fingerprint density at radius 3 is 2.28 bits per heavy atom. The van der Waals surface area contributed by atoms with Crippen LogP contribution in [0.5, 0.6) is 5.75 Å². The third-order valence-electron chi connectivity index (χ3n) is 6.12. The van der Waals surface area contributed by atoms with Crippen LogP contribution in [0.25, 0.3) is 0 Å². The van der Waals surface area contributed by atoms with Gasteiger partial charge in [0, 0.05) is 30.2 Å². The number of likely N-dealkylation sites (tertiary alicyclic amines) is 1. The summed E-state index contributed by atoms with van der Waals surface area (Å²) in [5.41, 5.74) is 1.25. The summed E-state index contributed by atoms with van der Waals surface area (Å²) in [5.74, 6) is -2.26. The largest absolute Gasteiger partial charge is 0.490 e. The Bertz CT molecular complexity index is 1350. The fraction of sp³-hybridized carbons (Fsp3) is 0.360. The van der Waals surface area contributed by atoms with E-state index in [-0.39, 0.29) is 21.6 Å². The number of hydrogen-bond acceptors (Lipinski definition) is 7. The van der Waals surface area contributed by atoms with Crippen molar-refractivity contribution in [3.8, 4) is 5.75 Å². The number of nitrogens with one attached hydrogen (secondary N) is 1. The summed E-state index contributed by atoms with van der Waals surface area (Å²) in [6, 6.07) is 15.1. The Hall–Kier alpha value is -2.87. The van der Waals surface area contributed by atoms with E-state index in [4.69, 9.17) is 26.2 Å². The van der Waals surface area contributed by atoms with Crippen molar-refractivity contribution in [2.45, 2.75) is 49.4 Å². The van der Waals surface area contributed by atoms with Crippen LogP contribution in [-0.4, -0.2) is 54.7 Å². The molecule has 1 aliphatic heterocycles. The summed E-state index contributed by atoms with van der Waals surface area (Å²) < 4.78 is 65.4. The number of carboxylic acids is 1. The molecule has 0 amide bonds. The molecular weight excluding hydrogens is 579 g/mol. The van der Waals surface area contributed by atoms with E-state index in [0.29, 0.717) is 10.9 Å². The van der Waals surface area contributed by atoms with Crippen molar-refractivity contribution in [3.05, 3.63) is 70.7 Å². The van der Waals surface area contributed by atoms with E-state index < -0.39 is 22.2 Å². The van der Waals surface area contributed by atoms with Crippen LogP contribution < -0.4 is 9.46 Å². The molecule has 212 valence electrons. The van der Waals surface area contributed by atoms with Gasteiger partial charge in [0.2, 0.25) is 0 Å². The predicted octanol–water partition coefficient (Wildman–Crippen LogP) is 6.01. The van der Waals surface area contributed by atoms with Gasteiger partial charge in [0.25, 0.3) is 10.0 Å². The standard InChI is InChI=1S/C23H26ClN3O3S2.C2HF3O2/c1-23(2,17-6-4-3-5-7-17)27-13-10-18(11-14-27)30-21-9-8-19(16-20(21)24)32(28,29)26-22-25-12-15-31-22;3-2(4,5)1(6)7/h3-9,12,15-16,18H,10-11,13-14H2,1-2H3,(H,25,26);(H,6,7). The number of carbonyl (C=O) groups is 1. The van der Waals surface area contributed by atoms with Crippen LogP contribution >= 0.6 is 22.9 Å². The number of carboxylic acid groups (broad SMARTS) is 1. The Kier molecular flexibility index (Phi) is 9.86. The monoisotopic (exact) mass is 605 g/mol. The number of aromatic nitrogens is 1. The highest BCUT2D eigenvalue weighted by Gasteiger charge is 2.38. The molecule has 0 atom stereocenters. The van der Waals surface area contributed by atoms with Gasteiger partial charge < -0.3 is 9.84 Å². The van der Waals surface area contributed by atoms with E-state index in [2.05, 4.69) is 52.7 Å². The van der Waals surface area contributed by atoms with E-state index in [1.165, 1.54) is 29.0 Å². The van der Waals surface area contributed by atoms with Crippen molar-refractivity contribution >= 4 is 44.1 Å². The van der Waals surface area contributed by atoms with Gasteiger partial charge in [0.1, 0.15) is 11.9 Å². The smallest absolute Gasteiger partial charge is 0.489 e. The highest BCUT2D eigenvalue weighted by molar-refractivity contribution is 7.93. The van der Waals surface area contributed by atoms with Gasteiger partial charge in [-0.2, -0.15) is 13.2 Å². The van der Waals surface area contributed by atoms with Crippen LogP contribution in [0.15, 0.2) is 65.0 Å². The maximum Gasteiger partial charge on any atom is 0.490 e. The first-order valence-electron chi connectivity index (χ1n) is 11.7.